The zero-order valence-electron chi connectivity index (χ0n) is 19.0. The van der Waals surface area contributed by atoms with E-state index in [2.05, 4.69) is 10.6 Å². The topological polar surface area (TPSA) is 151 Å². The number of carbonyl (C=O) groups is 4. The molecule has 1 saturated heterocycles. The van der Waals surface area contributed by atoms with Crippen LogP contribution in [0.1, 0.15) is 31.8 Å². The zero-order valence-corrected chi connectivity index (χ0v) is 19.8. The first-order valence-electron chi connectivity index (χ1n) is 10.0. The first kappa shape index (κ1) is 24.7. The van der Waals surface area contributed by atoms with Crippen molar-refractivity contribution in [3.05, 3.63) is 64.7 Å². The summed E-state index contributed by atoms with van der Waals surface area (Å²) in [6.45, 7) is 1.55. The molecule has 3 rings (SSSR count). The molecule has 11 nitrogen and oxygen atoms in total. The second kappa shape index (κ2) is 9.14. The molecule has 0 unspecified atom stereocenters. The minimum absolute atomic E-state index is 0.0329. The number of urea groups is 1. The van der Waals surface area contributed by atoms with E-state index in [4.69, 9.17) is 4.74 Å². The summed E-state index contributed by atoms with van der Waals surface area (Å²) in [5, 5.41) is 4.76. The van der Waals surface area contributed by atoms with Crippen LogP contribution in [0.4, 0.5) is 4.79 Å². The van der Waals surface area contributed by atoms with Gasteiger partial charge in [-0.15, -0.1) is 0 Å². The van der Waals surface area contributed by atoms with Crippen LogP contribution in [-0.2, 0) is 20.4 Å². The highest BCUT2D eigenvalue weighted by Crippen LogP contribution is 2.28. The Morgan fingerprint density at radius 3 is 2.29 bits per heavy atom. The van der Waals surface area contributed by atoms with Crippen LogP contribution >= 0.6 is 0 Å². The van der Waals surface area contributed by atoms with E-state index in [1.807, 2.05) is 4.72 Å². The van der Waals surface area contributed by atoms with Gasteiger partial charge in [0, 0.05) is 18.2 Å². The molecule has 0 spiro atoms. The van der Waals surface area contributed by atoms with Crippen molar-refractivity contribution in [1.29, 1.82) is 0 Å². The van der Waals surface area contributed by atoms with Gasteiger partial charge in [-0.3, -0.25) is 19.7 Å². The van der Waals surface area contributed by atoms with Gasteiger partial charge in [0.1, 0.15) is 5.75 Å². The van der Waals surface area contributed by atoms with Crippen molar-refractivity contribution in [2.24, 2.45) is 0 Å². The Hall–Kier alpha value is -3.93. The number of nitrogens with one attached hydrogen (secondary N) is 3. The van der Waals surface area contributed by atoms with Gasteiger partial charge in [0.25, 0.3) is 17.7 Å². The Kier molecular flexibility index (Phi) is 6.64. The summed E-state index contributed by atoms with van der Waals surface area (Å²) in [5.74, 6) is -1.42. The van der Waals surface area contributed by atoms with Gasteiger partial charge in [-0.2, -0.15) is 0 Å². The van der Waals surface area contributed by atoms with E-state index >= 15 is 0 Å². The number of hydrogen-bond donors (Lipinski definition) is 3. The lowest BCUT2D eigenvalue weighted by atomic mass is 9.88. The summed E-state index contributed by atoms with van der Waals surface area (Å²) >= 11 is 0. The molecule has 1 heterocycles. The van der Waals surface area contributed by atoms with Crippen LogP contribution in [0.5, 0.6) is 5.75 Å². The predicted molar refractivity (Wildman–Crippen MR) is 122 cm³/mol. The molecule has 0 saturated carbocycles. The Bertz CT molecular complexity index is 1270. The molecule has 34 heavy (non-hydrogen) atoms. The summed E-state index contributed by atoms with van der Waals surface area (Å²) in [5.41, 5.74) is -0.221. The summed E-state index contributed by atoms with van der Waals surface area (Å²) in [6.07, 6.45) is 0.851. The highest BCUT2D eigenvalue weighted by atomic mass is 32.2. The van der Waals surface area contributed by atoms with Gasteiger partial charge in [-0.05, 0) is 42.3 Å². The Morgan fingerprint density at radius 2 is 1.76 bits per heavy atom. The maximum absolute atomic E-state index is 13.2. The average molecular weight is 489 g/mol. The fraction of sp³-hybridized carbons (Fsp3) is 0.273. The molecular formula is C22H24N4O7S. The van der Waals surface area contributed by atoms with Gasteiger partial charge in [-0.25, -0.2) is 17.9 Å². The van der Waals surface area contributed by atoms with Crippen LogP contribution in [0.3, 0.4) is 0 Å². The number of methoxy groups -OCH3 is 1. The van der Waals surface area contributed by atoms with Gasteiger partial charge in [-0.1, -0.05) is 18.2 Å². The number of amides is 5. The third-order valence-electron chi connectivity index (χ3n) is 5.36. The lowest BCUT2D eigenvalue weighted by Gasteiger charge is -2.32. The van der Waals surface area contributed by atoms with E-state index in [1.165, 1.54) is 43.3 Å². The number of ether oxygens (including phenoxy) is 1. The highest BCUT2D eigenvalue weighted by Gasteiger charge is 2.49. The Labute approximate surface area is 196 Å². The van der Waals surface area contributed by atoms with Crippen LogP contribution in [0.25, 0.3) is 0 Å². The summed E-state index contributed by atoms with van der Waals surface area (Å²) in [6, 6.07) is 9.78. The van der Waals surface area contributed by atoms with Crippen molar-refractivity contribution in [2.45, 2.75) is 12.5 Å². The van der Waals surface area contributed by atoms with Gasteiger partial charge >= 0.3 is 6.03 Å². The predicted octanol–water partition coefficient (Wildman–Crippen LogP) is 0.500. The SMILES string of the molecule is COc1ccc(C)c(C(=O)N(C)C[C@@]2(c3ccc(C(=O)NS(C)(=O)=O)cc3)NC(=O)NC2=O)c1. The van der Waals surface area contributed by atoms with Crippen LogP contribution in [0.2, 0.25) is 0 Å². The van der Waals surface area contributed by atoms with Crippen molar-refractivity contribution >= 4 is 33.8 Å². The first-order valence-corrected chi connectivity index (χ1v) is 11.9. The molecule has 2 aromatic rings. The normalized spacial score (nSPS) is 17.5. The fourth-order valence-electron chi connectivity index (χ4n) is 3.62. The number of aryl methyl sites for hydroxylation is 1. The molecule has 0 radical (unpaired) electrons. The molecule has 0 aliphatic carbocycles. The molecular weight excluding hydrogens is 464 g/mol. The molecule has 1 aliphatic rings. The number of rotatable bonds is 7. The van der Waals surface area contributed by atoms with E-state index in [1.54, 1.807) is 25.1 Å². The van der Waals surface area contributed by atoms with Crippen LogP contribution in [-0.4, -0.2) is 64.0 Å². The second-order valence-corrected chi connectivity index (χ2v) is 9.68. The molecule has 1 fully saturated rings. The van der Waals surface area contributed by atoms with Crippen molar-refractivity contribution in [1.82, 2.24) is 20.3 Å². The summed E-state index contributed by atoms with van der Waals surface area (Å²) < 4.78 is 29.7. The van der Waals surface area contributed by atoms with Crippen molar-refractivity contribution in [3.63, 3.8) is 0 Å². The third-order valence-corrected chi connectivity index (χ3v) is 5.91. The second-order valence-electron chi connectivity index (χ2n) is 7.94. The number of sulfonamides is 1. The smallest absolute Gasteiger partial charge is 0.322 e. The van der Waals surface area contributed by atoms with E-state index in [-0.39, 0.29) is 12.1 Å². The monoisotopic (exact) mass is 488 g/mol. The van der Waals surface area contributed by atoms with E-state index < -0.39 is 39.3 Å². The van der Waals surface area contributed by atoms with E-state index in [9.17, 15) is 27.6 Å². The number of nitrogens with zero attached hydrogens (tertiary/aromatic N) is 1. The standard InChI is InChI=1S/C22H24N4O7S/c1-13-5-10-16(33-3)11-17(13)19(28)26(2)12-22(20(29)23-21(30)24-22)15-8-6-14(7-9-15)18(27)25-34(4,31)32/h5-11H,12H2,1-4H3,(H,25,27)(H2,23,24,29,30)/t22-/m0/s1. The van der Waals surface area contributed by atoms with Crippen molar-refractivity contribution < 1.29 is 32.3 Å². The van der Waals surface area contributed by atoms with Crippen LogP contribution in [0.15, 0.2) is 42.5 Å². The third kappa shape index (κ3) is 5.01. The lowest BCUT2D eigenvalue weighted by Crippen LogP contribution is -2.53. The molecule has 1 aliphatic heterocycles. The number of hydrogen-bond acceptors (Lipinski definition) is 7. The molecule has 3 N–H and O–H groups in total. The molecule has 5 amide bonds. The van der Waals surface area contributed by atoms with Crippen LogP contribution < -0.4 is 20.1 Å². The number of imide groups is 1. The van der Waals surface area contributed by atoms with Crippen molar-refractivity contribution in [3.8, 4) is 5.75 Å². The largest absolute Gasteiger partial charge is 0.497 e. The zero-order chi connectivity index (χ0) is 25.3. The van der Waals surface area contributed by atoms with Gasteiger partial charge in [0.15, 0.2) is 5.54 Å². The molecule has 0 aromatic heterocycles. The fourth-order valence-corrected chi connectivity index (χ4v) is 4.08. The molecule has 180 valence electrons. The van der Waals surface area contributed by atoms with E-state index in [0.29, 0.717) is 22.4 Å². The molecule has 0 bridgehead atoms. The molecule has 12 heteroatoms. The van der Waals surface area contributed by atoms with Crippen molar-refractivity contribution in [2.75, 3.05) is 27.0 Å². The summed E-state index contributed by atoms with van der Waals surface area (Å²) in [7, 11) is -0.783. The number of benzene rings is 2. The summed E-state index contributed by atoms with van der Waals surface area (Å²) in [4.78, 5) is 51.5. The Morgan fingerprint density at radius 1 is 1.12 bits per heavy atom. The van der Waals surface area contributed by atoms with Crippen LogP contribution in [0, 0.1) is 6.92 Å². The highest BCUT2D eigenvalue weighted by molar-refractivity contribution is 7.89. The minimum Gasteiger partial charge on any atom is -0.497 e. The number of likely N-dealkylation sites (N-methyl/N-ethyl adjacent to an activating group) is 1. The maximum Gasteiger partial charge on any atom is 0.322 e. The maximum atomic E-state index is 13.2. The average Bonchev–Trinajstić information content (AvgIpc) is 3.06. The minimum atomic E-state index is -3.76. The van der Waals surface area contributed by atoms with Gasteiger partial charge in [0.05, 0.1) is 19.9 Å². The molecule has 2 aromatic carbocycles. The van der Waals surface area contributed by atoms with Gasteiger partial charge < -0.3 is 15.0 Å². The molecule has 1 atom stereocenters. The first-order chi connectivity index (χ1) is 15.9. The lowest BCUT2D eigenvalue weighted by molar-refractivity contribution is -0.124. The quantitative estimate of drug-likeness (QED) is 0.480. The van der Waals surface area contributed by atoms with Gasteiger partial charge in [0.2, 0.25) is 10.0 Å². The van der Waals surface area contributed by atoms with E-state index in [0.717, 1.165) is 6.26 Å². The Balaban J connectivity index is 1.93. The number of carbonyl (C=O) groups excluding carboxylic acids is 4.